The van der Waals surface area contributed by atoms with Crippen LogP contribution < -0.4 is 5.73 Å². The van der Waals surface area contributed by atoms with Gasteiger partial charge in [-0.1, -0.05) is 17.8 Å². The highest BCUT2D eigenvalue weighted by Crippen LogP contribution is 2.46. The molecule has 2 heterocycles. The van der Waals surface area contributed by atoms with Crippen LogP contribution in [0.3, 0.4) is 0 Å². The second-order valence-electron chi connectivity index (χ2n) is 5.33. The standard InChI is InChI=1S/C15H14F2N4S/c1-15(11-3-2-10(16)4-12(11)17)5-13(22-14(18)21-15)9-6-19-8-20-7-9/h2-4,6-8,13H,5H2,1H3,(H2,18,21). The van der Waals surface area contributed by atoms with Crippen LogP contribution in [0.5, 0.6) is 0 Å². The second kappa shape index (κ2) is 5.64. The molecule has 2 unspecified atom stereocenters. The van der Waals surface area contributed by atoms with Crippen molar-refractivity contribution in [2.45, 2.75) is 24.1 Å². The first-order valence-corrected chi connectivity index (χ1v) is 7.58. The summed E-state index contributed by atoms with van der Waals surface area (Å²) in [6.45, 7) is 1.80. The zero-order chi connectivity index (χ0) is 15.7. The van der Waals surface area contributed by atoms with Crippen molar-refractivity contribution in [2.24, 2.45) is 10.7 Å². The Kier molecular flexibility index (Phi) is 3.82. The van der Waals surface area contributed by atoms with Crippen molar-refractivity contribution in [3.05, 3.63) is 59.7 Å². The van der Waals surface area contributed by atoms with Crippen LogP contribution in [-0.2, 0) is 5.54 Å². The minimum absolute atomic E-state index is 0.0341. The highest BCUT2D eigenvalue weighted by molar-refractivity contribution is 8.14. The lowest BCUT2D eigenvalue weighted by Crippen LogP contribution is -2.31. The second-order valence-corrected chi connectivity index (χ2v) is 6.55. The number of thioether (sulfide) groups is 1. The third kappa shape index (κ3) is 2.81. The molecular weight excluding hydrogens is 306 g/mol. The van der Waals surface area contributed by atoms with Gasteiger partial charge < -0.3 is 5.73 Å². The third-order valence-electron chi connectivity index (χ3n) is 3.67. The molecule has 1 aromatic heterocycles. The minimum atomic E-state index is -0.854. The number of hydrogen-bond donors (Lipinski definition) is 1. The van der Waals surface area contributed by atoms with Crippen LogP contribution >= 0.6 is 11.8 Å². The number of nitrogens with zero attached hydrogens (tertiary/aromatic N) is 3. The van der Waals surface area contributed by atoms with E-state index in [1.165, 1.54) is 30.2 Å². The number of aromatic nitrogens is 2. The molecule has 0 saturated heterocycles. The summed E-state index contributed by atoms with van der Waals surface area (Å²) in [7, 11) is 0. The van der Waals surface area contributed by atoms with E-state index < -0.39 is 17.2 Å². The van der Waals surface area contributed by atoms with Crippen molar-refractivity contribution >= 4 is 16.9 Å². The number of aliphatic imine (C=N–C) groups is 1. The van der Waals surface area contributed by atoms with Gasteiger partial charge in [-0.2, -0.15) is 0 Å². The fraction of sp³-hybridized carbons (Fsp3) is 0.267. The first-order chi connectivity index (χ1) is 10.5. The van der Waals surface area contributed by atoms with E-state index in [-0.39, 0.29) is 5.25 Å². The number of rotatable bonds is 2. The van der Waals surface area contributed by atoms with Crippen LogP contribution in [0, 0.1) is 11.6 Å². The maximum Gasteiger partial charge on any atom is 0.155 e. The van der Waals surface area contributed by atoms with Gasteiger partial charge in [0.1, 0.15) is 18.0 Å². The van der Waals surface area contributed by atoms with E-state index in [4.69, 9.17) is 5.73 Å². The number of nitrogens with two attached hydrogens (primary N) is 1. The SMILES string of the molecule is CC1(c2ccc(F)cc2F)CC(c2cncnc2)SC(N)=N1. The normalized spacial score (nSPS) is 24.9. The Morgan fingerprint density at radius 1 is 1.27 bits per heavy atom. The van der Waals surface area contributed by atoms with E-state index in [0.717, 1.165) is 11.6 Å². The summed E-state index contributed by atoms with van der Waals surface area (Å²) in [5.74, 6) is -1.23. The zero-order valence-corrected chi connectivity index (χ0v) is 12.6. The Hall–Kier alpha value is -2.02. The lowest BCUT2D eigenvalue weighted by atomic mass is 9.86. The van der Waals surface area contributed by atoms with Gasteiger partial charge in [-0.05, 0) is 19.4 Å². The van der Waals surface area contributed by atoms with E-state index >= 15 is 0 Å². The molecule has 22 heavy (non-hydrogen) atoms. The number of halogens is 2. The topological polar surface area (TPSA) is 64.2 Å². The Balaban J connectivity index is 2.00. The summed E-state index contributed by atoms with van der Waals surface area (Å²) in [6.07, 6.45) is 5.40. The summed E-state index contributed by atoms with van der Waals surface area (Å²) in [4.78, 5) is 12.4. The van der Waals surface area contributed by atoms with Gasteiger partial charge in [0.15, 0.2) is 5.17 Å². The smallest absolute Gasteiger partial charge is 0.155 e. The van der Waals surface area contributed by atoms with Gasteiger partial charge in [0, 0.05) is 34.8 Å². The molecule has 0 bridgehead atoms. The lowest BCUT2D eigenvalue weighted by Gasteiger charge is -2.34. The Labute approximate surface area is 130 Å². The largest absolute Gasteiger partial charge is 0.378 e. The number of hydrogen-bond acceptors (Lipinski definition) is 5. The summed E-state index contributed by atoms with van der Waals surface area (Å²) < 4.78 is 27.3. The Morgan fingerprint density at radius 3 is 2.68 bits per heavy atom. The van der Waals surface area contributed by atoms with Crippen LogP contribution in [0.15, 0.2) is 41.9 Å². The fourth-order valence-corrected chi connectivity index (χ4v) is 3.83. The Bertz CT molecular complexity index is 723. The summed E-state index contributed by atoms with van der Waals surface area (Å²) in [6, 6.07) is 3.53. The molecular formula is C15H14F2N4S. The van der Waals surface area contributed by atoms with Crippen LogP contribution in [0.4, 0.5) is 8.78 Å². The van der Waals surface area contributed by atoms with Gasteiger partial charge in [0.25, 0.3) is 0 Å². The molecule has 1 aliphatic heterocycles. The van der Waals surface area contributed by atoms with Crippen molar-refractivity contribution in [3.63, 3.8) is 0 Å². The van der Waals surface area contributed by atoms with Crippen LogP contribution in [0.25, 0.3) is 0 Å². The molecule has 0 radical (unpaired) electrons. The van der Waals surface area contributed by atoms with Crippen LogP contribution in [-0.4, -0.2) is 15.1 Å². The lowest BCUT2D eigenvalue weighted by molar-refractivity contribution is 0.421. The maximum absolute atomic E-state index is 14.2. The van der Waals surface area contributed by atoms with Gasteiger partial charge >= 0.3 is 0 Å². The zero-order valence-electron chi connectivity index (χ0n) is 11.8. The molecule has 3 rings (SSSR count). The molecule has 0 fully saturated rings. The average Bonchev–Trinajstić information content (AvgIpc) is 2.47. The maximum atomic E-state index is 14.2. The van der Waals surface area contributed by atoms with Gasteiger partial charge in [-0.25, -0.2) is 18.7 Å². The average molecular weight is 320 g/mol. The van der Waals surface area contributed by atoms with Crippen molar-refractivity contribution < 1.29 is 8.78 Å². The number of amidine groups is 1. The summed E-state index contributed by atoms with van der Waals surface area (Å²) in [5, 5.41) is 0.333. The van der Waals surface area contributed by atoms with Gasteiger partial charge in [0.2, 0.25) is 0 Å². The van der Waals surface area contributed by atoms with Crippen molar-refractivity contribution in [1.29, 1.82) is 0 Å². The predicted molar refractivity (Wildman–Crippen MR) is 82.3 cm³/mol. The number of benzene rings is 1. The monoisotopic (exact) mass is 320 g/mol. The minimum Gasteiger partial charge on any atom is -0.378 e. The molecule has 0 amide bonds. The molecule has 4 nitrogen and oxygen atoms in total. The van der Waals surface area contributed by atoms with E-state index in [1.54, 1.807) is 19.3 Å². The molecule has 2 atom stereocenters. The quantitative estimate of drug-likeness (QED) is 0.923. The molecule has 7 heteroatoms. The molecule has 2 aromatic rings. The molecule has 0 spiro atoms. The molecule has 0 aliphatic carbocycles. The fourth-order valence-electron chi connectivity index (χ4n) is 2.62. The van der Waals surface area contributed by atoms with Crippen molar-refractivity contribution in [3.8, 4) is 0 Å². The van der Waals surface area contributed by atoms with Gasteiger partial charge in [0.05, 0.1) is 5.54 Å². The molecule has 114 valence electrons. The summed E-state index contributed by atoms with van der Waals surface area (Å²) >= 11 is 1.40. The third-order valence-corrected chi connectivity index (χ3v) is 4.72. The Morgan fingerprint density at radius 2 is 2.00 bits per heavy atom. The van der Waals surface area contributed by atoms with Crippen molar-refractivity contribution in [1.82, 2.24) is 9.97 Å². The first-order valence-electron chi connectivity index (χ1n) is 6.70. The van der Waals surface area contributed by atoms with E-state index in [2.05, 4.69) is 15.0 Å². The van der Waals surface area contributed by atoms with E-state index in [0.29, 0.717) is 17.2 Å². The summed E-state index contributed by atoms with van der Waals surface area (Å²) in [5.41, 5.74) is 6.31. The highest BCUT2D eigenvalue weighted by Gasteiger charge is 2.37. The van der Waals surface area contributed by atoms with Crippen LogP contribution in [0.2, 0.25) is 0 Å². The van der Waals surface area contributed by atoms with Gasteiger partial charge in [-0.3, -0.25) is 4.99 Å². The highest BCUT2D eigenvalue weighted by atomic mass is 32.2. The molecule has 2 N–H and O–H groups in total. The molecule has 1 aliphatic rings. The molecule has 0 saturated carbocycles. The predicted octanol–water partition coefficient (Wildman–Crippen LogP) is 3.16. The molecule has 1 aromatic carbocycles. The van der Waals surface area contributed by atoms with Gasteiger partial charge in [-0.15, -0.1) is 0 Å². The van der Waals surface area contributed by atoms with E-state index in [1.807, 2.05) is 0 Å². The van der Waals surface area contributed by atoms with E-state index in [9.17, 15) is 8.78 Å². The van der Waals surface area contributed by atoms with Crippen LogP contribution in [0.1, 0.15) is 29.7 Å². The first kappa shape index (κ1) is 14.9. The van der Waals surface area contributed by atoms with Crippen molar-refractivity contribution in [2.75, 3.05) is 0 Å².